The second-order valence-corrected chi connectivity index (χ2v) is 7.79. The molecule has 0 saturated carbocycles. The summed E-state index contributed by atoms with van der Waals surface area (Å²) in [6, 6.07) is 15.6. The van der Waals surface area contributed by atoms with Crippen LogP contribution >= 0.6 is 0 Å². The van der Waals surface area contributed by atoms with E-state index in [9.17, 15) is 9.59 Å². The van der Waals surface area contributed by atoms with E-state index in [1.165, 1.54) is 4.90 Å². The standard InChI is InChI=1S/C24H28N4O3/c1-3-27(24(30)22-15-18-5-4-17(2)14-21(18)26-22)16-23(29)25-19-6-8-20(9-7-19)28-10-12-31-13-11-28/h4-9,14-15,26H,3,10-13,16H2,1-2H3,(H,25,29). The summed E-state index contributed by atoms with van der Waals surface area (Å²) in [5.74, 6) is -0.407. The zero-order valence-corrected chi connectivity index (χ0v) is 18.0. The van der Waals surface area contributed by atoms with Gasteiger partial charge in [0.15, 0.2) is 0 Å². The number of H-pyrrole nitrogens is 1. The smallest absolute Gasteiger partial charge is 0.270 e. The minimum absolute atomic E-state index is 0.00502. The molecule has 1 aliphatic rings. The number of aromatic amines is 1. The van der Waals surface area contributed by atoms with Gasteiger partial charge in [0.05, 0.1) is 13.2 Å². The van der Waals surface area contributed by atoms with Crippen LogP contribution in [0.25, 0.3) is 10.9 Å². The van der Waals surface area contributed by atoms with Crippen LogP contribution in [0.4, 0.5) is 11.4 Å². The molecule has 0 radical (unpaired) electrons. The molecule has 7 heteroatoms. The first-order valence-corrected chi connectivity index (χ1v) is 10.6. The topological polar surface area (TPSA) is 77.7 Å². The van der Waals surface area contributed by atoms with Crippen molar-refractivity contribution in [3.8, 4) is 0 Å². The highest BCUT2D eigenvalue weighted by molar-refractivity contribution is 6.01. The summed E-state index contributed by atoms with van der Waals surface area (Å²) >= 11 is 0. The number of ether oxygens (including phenoxy) is 1. The Morgan fingerprint density at radius 2 is 1.84 bits per heavy atom. The first kappa shape index (κ1) is 20.9. The van der Waals surface area contributed by atoms with E-state index in [2.05, 4.69) is 15.2 Å². The first-order valence-electron chi connectivity index (χ1n) is 10.6. The second-order valence-electron chi connectivity index (χ2n) is 7.79. The maximum Gasteiger partial charge on any atom is 0.270 e. The number of benzene rings is 2. The molecule has 162 valence electrons. The molecule has 4 rings (SSSR count). The number of aromatic nitrogens is 1. The number of fused-ring (bicyclic) bond motifs is 1. The molecule has 2 aromatic carbocycles. The van der Waals surface area contributed by atoms with Crippen molar-refractivity contribution in [2.24, 2.45) is 0 Å². The number of rotatable bonds is 6. The fourth-order valence-electron chi connectivity index (χ4n) is 3.80. The van der Waals surface area contributed by atoms with Gasteiger partial charge >= 0.3 is 0 Å². The van der Waals surface area contributed by atoms with Gasteiger partial charge in [0.25, 0.3) is 5.91 Å². The number of nitrogens with zero attached hydrogens (tertiary/aromatic N) is 2. The fraction of sp³-hybridized carbons (Fsp3) is 0.333. The van der Waals surface area contributed by atoms with Crippen LogP contribution < -0.4 is 10.2 Å². The molecule has 2 heterocycles. The Morgan fingerprint density at radius 1 is 1.10 bits per heavy atom. The minimum atomic E-state index is -0.221. The molecule has 7 nitrogen and oxygen atoms in total. The number of morpholine rings is 1. The molecule has 0 spiro atoms. The van der Waals surface area contributed by atoms with Gasteiger partial charge in [0.1, 0.15) is 12.2 Å². The molecule has 0 aliphatic carbocycles. The molecule has 0 bridgehead atoms. The molecular weight excluding hydrogens is 392 g/mol. The number of likely N-dealkylation sites (N-methyl/N-ethyl adjacent to an activating group) is 1. The van der Waals surface area contributed by atoms with Gasteiger partial charge in [-0.3, -0.25) is 9.59 Å². The van der Waals surface area contributed by atoms with Crippen molar-refractivity contribution in [3.63, 3.8) is 0 Å². The molecule has 1 fully saturated rings. The summed E-state index contributed by atoms with van der Waals surface area (Å²) in [6.07, 6.45) is 0. The van der Waals surface area contributed by atoms with E-state index in [1.54, 1.807) is 0 Å². The maximum absolute atomic E-state index is 12.9. The Balaban J connectivity index is 1.38. The summed E-state index contributed by atoms with van der Waals surface area (Å²) in [4.78, 5) is 32.5. The van der Waals surface area contributed by atoms with E-state index >= 15 is 0 Å². The molecule has 3 aromatic rings. The number of hydrogen-bond donors (Lipinski definition) is 2. The van der Waals surface area contributed by atoms with Crippen LogP contribution in [-0.2, 0) is 9.53 Å². The summed E-state index contributed by atoms with van der Waals surface area (Å²) < 4.78 is 5.39. The Morgan fingerprint density at radius 3 is 2.55 bits per heavy atom. The van der Waals surface area contributed by atoms with Gasteiger partial charge in [0.2, 0.25) is 5.91 Å². The van der Waals surface area contributed by atoms with E-state index in [-0.39, 0.29) is 18.4 Å². The van der Waals surface area contributed by atoms with E-state index in [1.807, 2.05) is 62.4 Å². The largest absolute Gasteiger partial charge is 0.378 e. The first-order chi connectivity index (χ1) is 15.0. The van der Waals surface area contributed by atoms with Gasteiger partial charge in [-0.25, -0.2) is 0 Å². The molecule has 0 unspecified atom stereocenters. The normalized spacial score (nSPS) is 13.9. The van der Waals surface area contributed by atoms with Crippen molar-refractivity contribution < 1.29 is 14.3 Å². The molecule has 1 aromatic heterocycles. The lowest BCUT2D eigenvalue weighted by atomic mass is 10.2. The van der Waals surface area contributed by atoms with E-state index in [0.717, 1.165) is 48.5 Å². The second kappa shape index (κ2) is 9.22. The number of carbonyl (C=O) groups excluding carboxylic acids is 2. The van der Waals surface area contributed by atoms with Crippen LogP contribution in [0.3, 0.4) is 0 Å². The number of hydrogen-bond acceptors (Lipinski definition) is 4. The van der Waals surface area contributed by atoms with Crippen LogP contribution in [0.5, 0.6) is 0 Å². The zero-order chi connectivity index (χ0) is 21.8. The molecule has 2 N–H and O–H groups in total. The number of aryl methyl sites for hydroxylation is 1. The van der Waals surface area contributed by atoms with Crippen molar-refractivity contribution in [2.45, 2.75) is 13.8 Å². The minimum Gasteiger partial charge on any atom is -0.378 e. The average molecular weight is 421 g/mol. The molecule has 1 saturated heterocycles. The third-order valence-corrected chi connectivity index (χ3v) is 5.54. The van der Waals surface area contributed by atoms with Gasteiger partial charge < -0.3 is 24.8 Å². The van der Waals surface area contributed by atoms with Gasteiger partial charge in [-0.05, 0) is 55.8 Å². The predicted octanol–water partition coefficient (Wildman–Crippen LogP) is 3.41. The van der Waals surface area contributed by atoms with Gasteiger partial charge in [-0.2, -0.15) is 0 Å². The molecule has 1 aliphatic heterocycles. The molecular formula is C24H28N4O3. The number of carbonyl (C=O) groups is 2. The monoisotopic (exact) mass is 420 g/mol. The number of amides is 2. The highest BCUT2D eigenvalue weighted by Crippen LogP contribution is 2.20. The quantitative estimate of drug-likeness (QED) is 0.641. The number of anilines is 2. The van der Waals surface area contributed by atoms with Crippen LogP contribution in [0.2, 0.25) is 0 Å². The van der Waals surface area contributed by atoms with Crippen LogP contribution in [0.15, 0.2) is 48.5 Å². The Labute approximate surface area is 182 Å². The van der Waals surface area contributed by atoms with Gasteiger partial charge in [-0.15, -0.1) is 0 Å². The van der Waals surface area contributed by atoms with Gasteiger partial charge in [0, 0.05) is 41.9 Å². The lowest BCUT2D eigenvalue weighted by molar-refractivity contribution is -0.116. The van der Waals surface area contributed by atoms with Gasteiger partial charge in [-0.1, -0.05) is 12.1 Å². The highest BCUT2D eigenvalue weighted by Gasteiger charge is 2.19. The SMILES string of the molecule is CCN(CC(=O)Nc1ccc(N2CCOCC2)cc1)C(=O)c1cc2ccc(C)cc2[nH]1. The summed E-state index contributed by atoms with van der Waals surface area (Å²) in [6.45, 7) is 7.52. The Kier molecular flexibility index (Phi) is 6.23. The average Bonchev–Trinajstić information content (AvgIpc) is 3.21. The van der Waals surface area contributed by atoms with Crippen molar-refractivity contribution in [1.29, 1.82) is 0 Å². The molecule has 31 heavy (non-hydrogen) atoms. The fourth-order valence-corrected chi connectivity index (χ4v) is 3.80. The zero-order valence-electron chi connectivity index (χ0n) is 18.0. The number of nitrogens with one attached hydrogen (secondary N) is 2. The third kappa shape index (κ3) is 4.88. The predicted molar refractivity (Wildman–Crippen MR) is 123 cm³/mol. The molecule has 0 atom stereocenters. The van der Waals surface area contributed by atoms with Crippen LogP contribution in [0, 0.1) is 6.92 Å². The van der Waals surface area contributed by atoms with Crippen LogP contribution in [-0.4, -0.2) is 61.1 Å². The Bertz CT molecular complexity index is 1070. The van der Waals surface area contributed by atoms with E-state index < -0.39 is 0 Å². The van der Waals surface area contributed by atoms with E-state index in [0.29, 0.717) is 17.9 Å². The summed E-state index contributed by atoms with van der Waals surface area (Å²) in [5.41, 5.74) is 4.36. The lowest BCUT2D eigenvalue weighted by Crippen LogP contribution is -2.38. The molecule has 2 amide bonds. The third-order valence-electron chi connectivity index (χ3n) is 5.54. The maximum atomic E-state index is 12.9. The van der Waals surface area contributed by atoms with Crippen molar-refractivity contribution in [3.05, 3.63) is 59.8 Å². The summed E-state index contributed by atoms with van der Waals surface area (Å²) in [7, 11) is 0. The highest BCUT2D eigenvalue weighted by atomic mass is 16.5. The summed E-state index contributed by atoms with van der Waals surface area (Å²) in [5, 5.41) is 3.87. The van der Waals surface area contributed by atoms with Crippen molar-refractivity contribution in [2.75, 3.05) is 49.6 Å². The van der Waals surface area contributed by atoms with E-state index in [4.69, 9.17) is 4.74 Å². The van der Waals surface area contributed by atoms with Crippen molar-refractivity contribution >= 4 is 34.1 Å². The Hall–Kier alpha value is -3.32. The van der Waals surface area contributed by atoms with Crippen molar-refractivity contribution in [1.82, 2.24) is 9.88 Å². The lowest BCUT2D eigenvalue weighted by Gasteiger charge is -2.29. The van der Waals surface area contributed by atoms with Crippen LogP contribution in [0.1, 0.15) is 23.0 Å².